The summed E-state index contributed by atoms with van der Waals surface area (Å²) in [5.41, 5.74) is 6.43. The van der Waals surface area contributed by atoms with Gasteiger partial charge in [0.05, 0.1) is 4.92 Å². The Morgan fingerprint density at radius 3 is 3.06 bits per heavy atom. The SMILES string of the molecule is Cc1cc(N2CCCC(CN)C2)ncc1[N+](=O)[O-]. The molecule has 1 fully saturated rings. The fourth-order valence-corrected chi connectivity index (χ4v) is 2.36. The molecule has 98 valence electrons. The van der Waals surface area contributed by atoms with Gasteiger partial charge in [-0.2, -0.15) is 0 Å². The first-order chi connectivity index (χ1) is 8.61. The van der Waals surface area contributed by atoms with E-state index in [0.29, 0.717) is 18.0 Å². The molecule has 2 N–H and O–H groups in total. The molecule has 1 saturated heterocycles. The van der Waals surface area contributed by atoms with Crippen molar-refractivity contribution in [3.05, 3.63) is 27.9 Å². The number of hydrogen-bond acceptors (Lipinski definition) is 5. The number of nitro groups is 1. The first-order valence-corrected chi connectivity index (χ1v) is 6.18. The summed E-state index contributed by atoms with van der Waals surface area (Å²) in [4.78, 5) is 16.7. The summed E-state index contributed by atoms with van der Waals surface area (Å²) in [6, 6.07) is 1.79. The molecule has 0 bridgehead atoms. The highest BCUT2D eigenvalue weighted by Gasteiger charge is 2.21. The van der Waals surface area contributed by atoms with Crippen LogP contribution in [0.5, 0.6) is 0 Å². The summed E-state index contributed by atoms with van der Waals surface area (Å²) < 4.78 is 0. The number of piperidine rings is 1. The van der Waals surface area contributed by atoms with Gasteiger partial charge in [0.2, 0.25) is 0 Å². The molecule has 1 atom stereocenters. The minimum atomic E-state index is -0.398. The van der Waals surface area contributed by atoms with Gasteiger partial charge in [-0.15, -0.1) is 0 Å². The Labute approximate surface area is 106 Å². The van der Waals surface area contributed by atoms with E-state index in [4.69, 9.17) is 5.73 Å². The van der Waals surface area contributed by atoms with Crippen LogP contribution in [-0.4, -0.2) is 29.5 Å². The van der Waals surface area contributed by atoms with Gasteiger partial charge in [-0.1, -0.05) is 0 Å². The van der Waals surface area contributed by atoms with Crippen LogP contribution >= 0.6 is 0 Å². The summed E-state index contributed by atoms with van der Waals surface area (Å²) in [5.74, 6) is 1.31. The molecule has 0 aliphatic carbocycles. The maximum absolute atomic E-state index is 10.7. The van der Waals surface area contributed by atoms with Crippen molar-refractivity contribution < 1.29 is 4.92 Å². The topological polar surface area (TPSA) is 85.3 Å². The molecule has 0 amide bonds. The molecule has 6 nitrogen and oxygen atoms in total. The molecule has 6 heteroatoms. The minimum Gasteiger partial charge on any atom is -0.356 e. The number of pyridine rings is 1. The number of rotatable bonds is 3. The molecule has 0 radical (unpaired) electrons. The van der Waals surface area contributed by atoms with E-state index >= 15 is 0 Å². The number of nitrogens with zero attached hydrogens (tertiary/aromatic N) is 3. The zero-order chi connectivity index (χ0) is 13.1. The molecular formula is C12H18N4O2. The Hall–Kier alpha value is -1.69. The van der Waals surface area contributed by atoms with Gasteiger partial charge >= 0.3 is 0 Å². The van der Waals surface area contributed by atoms with Gasteiger partial charge in [0.15, 0.2) is 0 Å². The zero-order valence-corrected chi connectivity index (χ0v) is 10.5. The lowest BCUT2D eigenvalue weighted by molar-refractivity contribution is -0.385. The van der Waals surface area contributed by atoms with Gasteiger partial charge in [-0.3, -0.25) is 10.1 Å². The summed E-state index contributed by atoms with van der Waals surface area (Å²) in [5, 5.41) is 10.7. The third-order valence-corrected chi connectivity index (χ3v) is 3.44. The molecule has 2 heterocycles. The van der Waals surface area contributed by atoms with Crippen LogP contribution < -0.4 is 10.6 Å². The maximum atomic E-state index is 10.7. The van der Waals surface area contributed by atoms with E-state index in [0.717, 1.165) is 31.7 Å². The Balaban J connectivity index is 2.18. The Morgan fingerprint density at radius 2 is 2.44 bits per heavy atom. The first kappa shape index (κ1) is 12.8. The second-order valence-electron chi connectivity index (χ2n) is 4.78. The summed E-state index contributed by atoms with van der Waals surface area (Å²) in [6.07, 6.45) is 3.59. The largest absolute Gasteiger partial charge is 0.356 e. The van der Waals surface area contributed by atoms with Crippen molar-refractivity contribution in [2.75, 3.05) is 24.5 Å². The molecule has 0 spiro atoms. The number of aromatic nitrogens is 1. The molecular weight excluding hydrogens is 232 g/mol. The first-order valence-electron chi connectivity index (χ1n) is 6.18. The Kier molecular flexibility index (Phi) is 3.76. The van der Waals surface area contributed by atoms with Gasteiger partial charge in [0.25, 0.3) is 5.69 Å². The van der Waals surface area contributed by atoms with Crippen molar-refractivity contribution in [3.8, 4) is 0 Å². The fraction of sp³-hybridized carbons (Fsp3) is 0.583. The zero-order valence-electron chi connectivity index (χ0n) is 10.5. The summed E-state index contributed by atoms with van der Waals surface area (Å²) >= 11 is 0. The second-order valence-corrected chi connectivity index (χ2v) is 4.78. The average Bonchev–Trinajstić information content (AvgIpc) is 2.38. The van der Waals surface area contributed by atoms with Crippen molar-refractivity contribution in [3.63, 3.8) is 0 Å². The average molecular weight is 250 g/mol. The molecule has 1 aliphatic heterocycles. The van der Waals surface area contributed by atoms with Gasteiger partial charge in [-0.25, -0.2) is 4.98 Å². The molecule has 1 aromatic rings. The lowest BCUT2D eigenvalue weighted by Gasteiger charge is -2.33. The van der Waals surface area contributed by atoms with Crippen molar-refractivity contribution in [2.24, 2.45) is 11.7 Å². The van der Waals surface area contributed by atoms with Gasteiger partial charge in [0, 0.05) is 18.7 Å². The standard InChI is InChI=1S/C12H18N4O2/c1-9-5-12(14-7-11(9)16(17)18)15-4-2-3-10(6-13)8-15/h5,7,10H,2-4,6,8,13H2,1H3. The second kappa shape index (κ2) is 5.30. The van der Waals surface area contributed by atoms with E-state index < -0.39 is 4.92 Å². The van der Waals surface area contributed by atoms with Crippen LogP contribution in [0.25, 0.3) is 0 Å². The van der Waals surface area contributed by atoms with Crippen LogP contribution in [0.1, 0.15) is 18.4 Å². The lowest BCUT2D eigenvalue weighted by atomic mass is 9.98. The molecule has 0 saturated carbocycles. The highest BCUT2D eigenvalue weighted by Crippen LogP contribution is 2.25. The predicted octanol–water partition coefficient (Wildman–Crippen LogP) is 1.47. The quantitative estimate of drug-likeness (QED) is 0.648. The van der Waals surface area contributed by atoms with Crippen LogP contribution in [0.4, 0.5) is 11.5 Å². The van der Waals surface area contributed by atoms with Crippen LogP contribution in [-0.2, 0) is 0 Å². The van der Waals surface area contributed by atoms with Crippen molar-refractivity contribution >= 4 is 11.5 Å². The van der Waals surface area contributed by atoms with Crippen LogP contribution in [0.2, 0.25) is 0 Å². The molecule has 1 aliphatic rings. The van der Waals surface area contributed by atoms with E-state index in [9.17, 15) is 10.1 Å². The van der Waals surface area contributed by atoms with Gasteiger partial charge in [0.1, 0.15) is 12.0 Å². The summed E-state index contributed by atoms with van der Waals surface area (Å²) in [7, 11) is 0. The van der Waals surface area contributed by atoms with Crippen molar-refractivity contribution in [2.45, 2.75) is 19.8 Å². The van der Waals surface area contributed by atoms with Crippen LogP contribution in [0.3, 0.4) is 0 Å². The lowest BCUT2D eigenvalue weighted by Crippen LogP contribution is -2.38. The number of anilines is 1. The molecule has 0 aromatic carbocycles. The summed E-state index contributed by atoms with van der Waals surface area (Å²) in [6.45, 7) is 4.26. The molecule has 2 rings (SSSR count). The van der Waals surface area contributed by atoms with Crippen LogP contribution in [0.15, 0.2) is 12.3 Å². The Morgan fingerprint density at radius 1 is 1.67 bits per heavy atom. The number of aryl methyl sites for hydroxylation is 1. The third kappa shape index (κ3) is 2.59. The van der Waals surface area contributed by atoms with Gasteiger partial charge in [-0.05, 0) is 38.3 Å². The predicted molar refractivity (Wildman–Crippen MR) is 69.6 cm³/mol. The van der Waals surface area contributed by atoms with Crippen LogP contribution in [0, 0.1) is 23.0 Å². The molecule has 1 aromatic heterocycles. The molecule has 1 unspecified atom stereocenters. The van der Waals surface area contributed by atoms with Crippen molar-refractivity contribution in [1.29, 1.82) is 0 Å². The normalized spacial score (nSPS) is 19.9. The van der Waals surface area contributed by atoms with E-state index in [2.05, 4.69) is 9.88 Å². The van der Waals surface area contributed by atoms with E-state index in [1.165, 1.54) is 6.20 Å². The van der Waals surface area contributed by atoms with Gasteiger partial charge < -0.3 is 10.6 Å². The van der Waals surface area contributed by atoms with Crippen molar-refractivity contribution in [1.82, 2.24) is 4.98 Å². The number of nitrogens with two attached hydrogens (primary N) is 1. The van der Waals surface area contributed by atoms with E-state index in [1.54, 1.807) is 13.0 Å². The van der Waals surface area contributed by atoms with E-state index in [1.807, 2.05) is 0 Å². The third-order valence-electron chi connectivity index (χ3n) is 3.44. The van der Waals surface area contributed by atoms with E-state index in [-0.39, 0.29) is 5.69 Å². The Bertz CT molecular complexity index is 450. The fourth-order valence-electron chi connectivity index (χ4n) is 2.36. The smallest absolute Gasteiger partial charge is 0.290 e. The number of hydrogen-bond donors (Lipinski definition) is 1. The molecule has 18 heavy (non-hydrogen) atoms. The minimum absolute atomic E-state index is 0.0751. The highest BCUT2D eigenvalue weighted by molar-refractivity contribution is 5.48. The highest BCUT2D eigenvalue weighted by atomic mass is 16.6. The maximum Gasteiger partial charge on any atom is 0.290 e. The monoisotopic (exact) mass is 250 g/mol.